The normalized spacial score (nSPS) is 14.4. The van der Waals surface area contributed by atoms with Crippen molar-refractivity contribution in [1.82, 2.24) is 5.32 Å². The molecule has 0 atom stereocenters. The summed E-state index contributed by atoms with van der Waals surface area (Å²) in [6.07, 6.45) is 0.150. The van der Waals surface area contributed by atoms with Crippen LogP contribution in [0.2, 0.25) is 0 Å². The van der Waals surface area contributed by atoms with Gasteiger partial charge in [0.25, 0.3) is 5.91 Å². The first-order chi connectivity index (χ1) is 17.2. The Morgan fingerprint density at radius 3 is 2.27 bits per heavy atom. The second kappa shape index (κ2) is 10.8. The fourth-order valence-corrected chi connectivity index (χ4v) is 5.46. The molecule has 1 aliphatic heterocycles. The summed E-state index contributed by atoms with van der Waals surface area (Å²) >= 11 is 0. The Morgan fingerprint density at radius 2 is 1.73 bits per heavy atom. The van der Waals surface area contributed by atoms with Crippen molar-refractivity contribution in [3.63, 3.8) is 0 Å². The molecule has 1 fully saturated rings. The van der Waals surface area contributed by atoms with Crippen molar-refractivity contribution in [3.05, 3.63) is 47.5 Å². The SMILES string of the molecule is COc1c(C(=O)Nc2ccc(NS(=O)(=O)CC(C)C)cc2)cc(N2CCC(=O)NC2=O)cc1C(C)(C)C. The quantitative estimate of drug-likeness (QED) is 0.471. The number of amides is 4. The van der Waals surface area contributed by atoms with Crippen LogP contribution in [0.3, 0.4) is 0 Å². The summed E-state index contributed by atoms with van der Waals surface area (Å²) in [4.78, 5) is 38.9. The zero-order valence-corrected chi connectivity index (χ0v) is 22.8. The zero-order chi connectivity index (χ0) is 27.5. The molecule has 1 heterocycles. The molecule has 37 heavy (non-hydrogen) atoms. The number of carbonyl (C=O) groups is 3. The summed E-state index contributed by atoms with van der Waals surface area (Å²) in [5.41, 5.74) is 1.82. The molecule has 11 heteroatoms. The van der Waals surface area contributed by atoms with Crippen molar-refractivity contribution >= 4 is 44.9 Å². The lowest BCUT2D eigenvalue weighted by Gasteiger charge is -2.30. The number of hydrogen-bond acceptors (Lipinski definition) is 6. The maximum Gasteiger partial charge on any atom is 0.328 e. The van der Waals surface area contributed by atoms with Crippen molar-refractivity contribution in [3.8, 4) is 5.75 Å². The van der Waals surface area contributed by atoms with Crippen molar-refractivity contribution in [2.75, 3.05) is 34.3 Å². The zero-order valence-electron chi connectivity index (χ0n) is 22.0. The van der Waals surface area contributed by atoms with E-state index in [1.807, 2.05) is 34.6 Å². The highest BCUT2D eigenvalue weighted by atomic mass is 32.2. The number of methoxy groups -OCH3 is 1. The molecule has 0 spiro atoms. The number of nitrogens with one attached hydrogen (secondary N) is 3. The fourth-order valence-electron chi connectivity index (χ4n) is 4.01. The molecule has 200 valence electrons. The van der Waals surface area contributed by atoms with E-state index < -0.39 is 27.4 Å². The van der Waals surface area contributed by atoms with Crippen LogP contribution >= 0.6 is 0 Å². The van der Waals surface area contributed by atoms with Gasteiger partial charge in [-0.15, -0.1) is 0 Å². The van der Waals surface area contributed by atoms with Gasteiger partial charge in [-0.1, -0.05) is 34.6 Å². The minimum absolute atomic E-state index is 0.000926. The molecule has 4 amide bonds. The first-order valence-corrected chi connectivity index (χ1v) is 13.6. The number of nitrogens with zero attached hydrogens (tertiary/aromatic N) is 1. The van der Waals surface area contributed by atoms with Gasteiger partial charge in [0, 0.05) is 35.6 Å². The molecule has 2 aromatic rings. The number of benzene rings is 2. The van der Waals surface area contributed by atoms with E-state index in [1.54, 1.807) is 36.4 Å². The second-order valence-electron chi connectivity index (χ2n) is 10.4. The molecule has 1 saturated heterocycles. The number of hydrogen-bond donors (Lipinski definition) is 3. The van der Waals surface area contributed by atoms with E-state index in [-0.39, 0.29) is 36.1 Å². The molecular weight excluding hydrogens is 496 g/mol. The third-order valence-electron chi connectivity index (χ3n) is 5.66. The Labute approximate surface area is 217 Å². The number of anilines is 3. The van der Waals surface area contributed by atoms with E-state index in [0.717, 1.165) is 5.56 Å². The summed E-state index contributed by atoms with van der Waals surface area (Å²) in [5, 5.41) is 5.12. The molecular formula is C26H34N4O6S. The van der Waals surface area contributed by atoms with Crippen LogP contribution in [0.15, 0.2) is 36.4 Å². The summed E-state index contributed by atoms with van der Waals surface area (Å²) in [7, 11) is -2.00. The van der Waals surface area contributed by atoms with E-state index >= 15 is 0 Å². The van der Waals surface area contributed by atoms with Gasteiger partial charge in [-0.05, 0) is 47.7 Å². The van der Waals surface area contributed by atoms with Crippen LogP contribution < -0.4 is 25.0 Å². The van der Waals surface area contributed by atoms with Crippen LogP contribution in [0.4, 0.5) is 21.9 Å². The minimum atomic E-state index is -3.48. The molecule has 10 nitrogen and oxygen atoms in total. The van der Waals surface area contributed by atoms with Gasteiger partial charge in [-0.2, -0.15) is 0 Å². The monoisotopic (exact) mass is 530 g/mol. The highest BCUT2D eigenvalue weighted by Gasteiger charge is 2.30. The first kappa shape index (κ1) is 28.0. The van der Waals surface area contributed by atoms with Crippen molar-refractivity contribution in [2.24, 2.45) is 5.92 Å². The Morgan fingerprint density at radius 1 is 1.11 bits per heavy atom. The lowest BCUT2D eigenvalue weighted by molar-refractivity contribution is -0.120. The lowest BCUT2D eigenvalue weighted by Crippen LogP contribution is -2.49. The second-order valence-corrected chi connectivity index (χ2v) is 12.2. The van der Waals surface area contributed by atoms with Crippen molar-refractivity contribution in [2.45, 2.75) is 46.5 Å². The molecule has 0 bridgehead atoms. The van der Waals surface area contributed by atoms with E-state index in [1.165, 1.54) is 12.0 Å². The molecule has 1 aliphatic rings. The molecule has 0 aliphatic carbocycles. The van der Waals surface area contributed by atoms with E-state index in [4.69, 9.17) is 4.74 Å². The average molecular weight is 531 g/mol. The molecule has 3 rings (SSSR count). The van der Waals surface area contributed by atoms with Crippen LogP contribution in [0.1, 0.15) is 57.0 Å². The van der Waals surface area contributed by atoms with Crippen LogP contribution in [0.5, 0.6) is 5.75 Å². The number of rotatable bonds is 8. The number of carbonyl (C=O) groups excluding carboxylic acids is 3. The molecule has 0 unspecified atom stereocenters. The van der Waals surface area contributed by atoms with E-state index in [0.29, 0.717) is 22.8 Å². The standard InChI is InChI=1S/C26H34N4O6S/c1-16(2)15-37(34,35)29-18-9-7-17(8-10-18)27-24(32)20-13-19(30-12-11-22(31)28-25(30)33)14-21(23(20)36-6)26(3,4)5/h7-10,13-14,16,29H,11-12,15H2,1-6H3,(H,27,32)(H,28,31,33). The summed E-state index contributed by atoms with van der Waals surface area (Å²) in [5.74, 6) is -0.456. The predicted molar refractivity (Wildman–Crippen MR) is 144 cm³/mol. The molecule has 0 radical (unpaired) electrons. The molecule has 0 saturated carbocycles. The maximum atomic E-state index is 13.4. The van der Waals surface area contributed by atoms with Gasteiger partial charge >= 0.3 is 6.03 Å². The highest BCUT2D eigenvalue weighted by molar-refractivity contribution is 7.92. The Hall–Kier alpha value is -3.60. The lowest BCUT2D eigenvalue weighted by atomic mass is 9.84. The van der Waals surface area contributed by atoms with Gasteiger partial charge in [0.2, 0.25) is 15.9 Å². The van der Waals surface area contributed by atoms with E-state index in [2.05, 4.69) is 15.4 Å². The molecule has 3 N–H and O–H groups in total. The maximum absolute atomic E-state index is 13.4. The van der Waals surface area contributed by atoms with E-state index in [9.17, 15) is 22.8 Å². The average Bonchev–Trinajstić information content (AvgIpc) is 2.77. The van der Waals surface area contributed by atoms with Crippen molar-refractivity contribution < 1.29 is 27.5 Å². The predicted octanol–water partition coefficient (Wildman–Crippen LogP) is 4.09. The fraction of sp³-hybridized carbons (Fsp3) is 0.423. The number of imide groups is 1. The van der Waals surface area contributed by atoms with Gasteiger partial charge in [0.15, 0.2) is 0 Å². The van der Waals surface area contributed by atoms with Gasteiger partial charge in [-0.25, -0.2) is 13.2 Å². The van der Waals surface area contributed by atoms with Gasteiger partial charge < -0.3 is 10.1 Å². The summed E-state index contributed by atoms with van der Waals surface area (Å²) < 4.78 is 32.6. The summed E-state index contributed by atoms with van der Waals surface area (Å²) in [6, 6.07) is 9.12. The van der Waals surface area contributed by atoms with Gasteiger partial charge in [-0.3, -0.25) is 24.5 Å². The minimum Gasteiger partial charge on any atom is -0.496 e. The Balaban J connectivity index is 1.92. The third kappa shape index (κ3) is 7.00. The van der Waals surface area contributed by atoms with Gasteiger partial charge in [0.1, 0.15) is 5.75 Å². The third-order valence-corrected chi connectivity index (χ3v) is 7.32. The molecule has 0 aromatic heterocycles. The smallest absolute Gasteiger partial charge is 0.328 e. The first-order valence-electron chi connectivity index (χ1n) is 12.0. The van der Waals surface area contributed by atoms with Crippen LogP contribution in [0, 0.1) is 5.92 Å². The highest BCUT2D eigenvalue weighted by Crippen LogP contribution is 2.38. The Bertz CT molecular complexity index is 1300. The van der Waals surface area contributed by atoms with Crippen LogP contribution in [0.25, 0.3) is 0 Å². The number of urea groups is 1. The van der Waals surface area contributed by atoms with Crippen LogP contribution in [-0.4, -0.2) is 45.7 Å². The van der Waals surface area contributed by atoms with Crippen LogP contribution in [-0.2, 0) is 20.2 Å². The Kier molecular flexibility index (Phi) is 8.16. The molecule has 2 aromatic carbocycles. The number of ether oxygens (including phenoxy) is 1. The summed E-state index contributed by atoms with van der Waals surface area (Å²) in [6.45, 7) is 9.74. The van der Waals surface area contributed by atoms with Crippen molar-refractivity contribution in [1.29, 1.82) is 0 Å². The van der Waals surface area contributed by atoms with Gasteiger partial charge in [0.05, 0.1) is 18.4 Å². The number of sulfonamides is 1. The topological polar surface area (TPSA) is 134 Å². The largest absolute Gasteiger partial charge is 0.496 e.